The summed E-state index contributed by atoms with van der Waals surface area (Å²) < 4.78 is 12.1. The van der Waals surface area contributed by atoms with E-state index in [0.717, 1.165) is 16.0 Å². The van der Waals surface area contributed by atoms with Gasteiger partial charge in [0.1, 0.15) is 18.1 Å². The van der Waals surface area contributed by atoms with E-state index in [1.807, 2.05) is 50.2 Å². The van der Waals surface area contributed by atoms with E-state index in [0.29, 0.717) is 18.8 Å². The van der Waals surface area contributed by atoms with Crippen LogP contribution in [0, 0.1) is 0 Å². The van der Waals surface area contributed by atoms with Gasteiger partial charge in [0.2, 0.25) is 0 Å². The quantitative estimate of drug-likeness (QED) is 0.684. The molecule has 6 heteroatoms. The molecule has 0 aliphatic rings. The molecule has 0 radical (unpaired) electrons. The largest absolute Gasteiger partial charge is 0.492 e. The number of carbonyl (C=O) groups excluding carboxylic acids is 1. The van der Waals surface area contributed by atoms with Crippen LogP contribution >= 0.6 is 15.9 Å². The molecule has 0 saturated heterocycles. The van der Waals surface area contributed by atoms with Crippen LogP contribution in [0.5, 0.6) is 11.5 Å². The minimum Gasteiger partial charge on any atom is -0.492 e. The molecule has 0 spiro atoms. The van der Waals surface area contributed by atoms with Crippen LogP contribution in [0.3, 0.4) is 0 Å². The molecule has 2 rings (SSSR count). The normalized spacial score (nSPS) is 10.3. The van der Waals surface area contributed by atoms with Gasteiger partial charge in [-0.15, -0.1) is 0 Å². The lowest BCUT2D eigenvalue weighted by molar-refractivity contribution is 0.242. The molecule has 0 bridgehead atoms. The first-order valence-electron chi connectivity index (χ1n) is 7.73. The van der Waals surface area contributed by atoms with Crippen LogP contribution in [0.4, 0.5) is 10.5 Å². The van der Waals surface area contributed by atoms with E-state index in [1.165, 1.54) is 0 Å². The number of benzene rings is 2. The second-order valence-electron chi connectivity index (χ2n) is 5.37. The molecule has 0 fully saturated rings. The smallest absolute Gasteiger partial charge is 0.319 e. The van der Waals surface area contributed by atoms with E-state index in [2.05, 4.69) is 26.6 Å². The van der Waals surface area contributed by atoms with Gasteiger partial charge in [-0.3, -0.25) is 0 Å². The highest BCUT2D eigenvalue weighted by atomic mass is 79.9. The van der Waals surface area contributed by atoms with Crippen molar-refractivity contribution in [2.75, 3.05) is 18.5 Å². The van der Waals surface area contributed by atoms with Gasteiger partial charge in [-0.1, -0.05) is 15.9 Å². The number of amides is 2. The molecule has 0 unspecified atom stereocenters. The van der Waals surface area contributed by atoms with Crippen LogP contribution in [-0.2, 0) is 0 Å². The van der Waals surface area contributed by atoms with Gasteiger partial charge in [0.15, 0.2) is 0 Å². The summed E-state index contributed by atoms with van der Waals surface area (Å²) in [6.45, 7) is 4.75. The number of carbonyl (C=O) groups is 1. The molecule has 5 nitrogen and oxygen atoms in total. The lowest BCUT2D eigenvalue weighted by Gasteiger charge is -2.11. The van der Waals surface area contributed by atoms with Crippen LogP contribution < -0.4 is 20.1 Å². The van der Waals surface area contributed by atoms with Crippen molar-refractivity contribution in [1.29, 1.82) is 0 Å². The molecule has 128 valence electrons. The first kappa shape index (κ1) is 18.1. The summed E-state index contributed by atoms with van der Waals surface area (Å²) in [5, 5.41) is 5.51. The summed E-state index contributed by atoms with van der Waals surface area (Å²) in [7, 11) is 0. The Balaban J connectivity index is 1.68. The minimum absolute atomic E-state index is 0.123. The van der Waals surface area contributed by atoms with E-state index < -0.39 is 0 Å². The van der Waals surface area contributed by atoms with Crippen molar-refractivity contribution >= 4 is 27.6 Å². The highest BCUT2D eigenvalue weighted by Crippen LogP contribution is 2.17. The van der Waals surface area contributed by atoms with E-state index >= 15 is 0 Å². The first-order chi connectivity index (χ1) is 11.5. The van der Waals surface area contributed by atoms with Gasteiger partial charge in [-0.2, -0.15) is 0 Å². The Bertz CT molecular complexity index is 642. The Morgan fingerprint density at radius 1 is 1.04 bits per heavy atom. The van der Waals surface area contributed by atoms with Crippen molar-refractivity contribution < 1.29 is 14.3 Å². The number of hydrogen-bond donors (Lipinski definition) is 2. The predicted molar refractivity (Wildman–Crippen MR) is 98.9 cm³/mol. The Morgan fingerprint density at radius 2 is 1.67 bits per heavy atom. The summed E-state index contributed by atoms with van der Waals surface area (Å²) in [6.07, 6.45) is 0.123. The summed E-state index contributed by atoms with van der Waals surface area (Å²) in [6, 6.07) is 14.5. The number of urea groups is 1. The molecule has 2 N–H and O–H groups in total. The lowest BCUT2D eigenvalue weighted by atomic mass is 10.3. The number of hydrogen-bond acceptors (Lipinski definition) is 3. The second-order valence-corrected chi connectivity index (χ2v) is 6.29. The van der Waals surface area contributed by atoms with Crippen LogP contribution in [0.1, 0.15) is 13.8 Å². The zero-order valence-electron chi connectivity index (χ0n) is 13.7. The van der Waals surface area contributed by atoms with E-state index in [-0.39, 0.29) is 12.1 Å². The van der Waals surface area contributed by atoms with Crippen molar-refractivity contribution in [3.8, 4) is 11.5 Å². The van der Waals surface area contributed by atoms with Crippen LogP contribution in [0.2, 0.25) is 0 Å². The Labute approximate surface area is 150 Å². The summed E-state index contributed by atoms with van der Waals surface area (Å²) in [5.41, 5.74) is 0.706. The third-order valence-corrected chi connectivity index (χ3v) is 3.48. The van der Waals surface area contributed by atoms with Gasteiger partial charge in [0, 0.05) is 10.2 Å². The molecule has 24 heavy (non-hydrogen) atoms. The topological polar surface area (TPSA) is 59.6 Å². The lowest BCUT2D eigenvalue weighted by Crippen LogP contribution is -2.32. The summed E-state index contributed by atoms with van der Waals surface area (Å²) in [5.74, 6) is 1.54. The van der Waals surface area contributed by atoms with Crippen molar-refractivity contribution in [3.63, 3.8) is 0 Å². The molecule has 0 saturated carbocycles. The highest BCUT2D eigenvalue weighted by Gasteiger charge is 2.03. The molecule has 0 atom stereocenters. The molecule has 0 aliphatic heterocycles. The molecular formula is C18H21BrN2O3. The molecule has 2 aromatic rings. The Hall–Kier alpha value is -2.21. The molecule has 2 amide bonds. The van der Waals surface area contributed by atoms with Crippen molar-refractivity contribution in [2.45, 2.75) is 20.0 Å². The van der Waals surface area contributed by atoms with E-state index in [9.17, 15) is 4.79 Å². The van der Waals surface area contributed by atoms with Gasteiger partial charge in [-0.25, -0.2) is 4.79 Å². The SMILES string of the molecule is CC(C)Oc1ccc(NC(=O)NCCOc2ccc(Br)cc2)cc1. The van der Waals surface area contributed by atoms with Gasteiger partial charge >= 0.3 is 6.03 Å². The Kier molecular flexibility index (Phi) is 6.93. The van der Waals surface area contributed by atoms with Crippen molar-refractivity contribution in [3.05, 3.63) is 53.0 Å². The molecule has 2 aromatic carbocycles. The third-order valence-electron chi connectivity index (χ3n) is 2.95. The minimum atomic E-state index is -0.271. The second kappa shape index (κ2) is 9.17. The van der Waals surface area contributed by atoms with Gasteiger partial charge < -0.3 is 20.1 Å². The number of anilines is 1. The molecule has 0 aliphatic carbocycles. The number of nitrogens with one attached hydrogen (secondary N) is 2. The van der Waals surface area contributed by atoms with Crippen LogP contribution in [-0.4, -0.2) is 25.3 Å². The van der Waals surface area contributed by atoms with Gasteiger partial charge in [0.05, 0.1) is 12.6 Å². The zero-order chi connectivity index (χ0) is 17.4. The van der Waals surface area contributed by atoms with Crippen LogP contribution in [0.25, 0.3) is 0 Å². The molecule has 0 heterocycles. The van der Waals surface area contributed by atoms with Crippen LogP contribution in [0.15, 0.2) is 53.0 Å². The maximum absolute atomic E-state index is 11.8. The summed E-state index contributed by atoms with van der Waals surface area (Å²) >= 11 is 3.37. The third kappa shape index (κ3) is 6.50. The number of ether oxygens (including phenoxy) is 2. The zero-order valence-corrected chi connectivity index (χ0v) is 15.3. The average molecular weight is 393 g/mol. The van der Waals surface area contributed by atoms with Gasteiger partial charge in [0.25, 0.3) is 0 Å². The highest BCUT2D eigenvalue weighted by molar-refractivity contribution is 9.10. The maximum atomic E-state index is 11.8. The fourth-order valence-electron chi connectivity index (χ4n) is 1.93. The number of halogens is 1. The maximum Gasteiger partial charge on any atom is 0.319 e. The number of rotatable bonds is 7. The Morgan fingerprint density at radius 3 is 2.29 bits per heavy atom. The standard InChI is InChI=1S/C18H21BrN2O3/c1-13(2)24-17-9-5-15(6-10-17)21-18(22)20-11-12-23-16-7-3-14(19)4-8-16/h3-10,13H,11-12H2,1-2H3,(H2,20,21,22). The van der Waals surface area contributed by atoms with E-state index in [1.54, 1.807) is 12.1 Å². The molecule has 0 aromatic heterocycles. The summed E-state index contributed by atoms with van der Waals surface area (Å²) in [4.78, 5) is 11.8. The van der Waals surface area contributed by atoms with Crippen molar-refractivity contribution in [2.24, 2.45) is 0 Å². The van der Waals surface area contributed by atoms with E-state index in [4.69, 9.17) is 9.47 Å². The fourth-order valence-corrected chi connectivity index (χ4v) is 2.19. The van der Waals surface area contributed by atoms with Crippen molar-refractivity contribution in [1.82, 2.24) is 5.32 Å². The fraction of sp³-hybridized carbons (Fsp3) is 0.278. The monoisotopic (exact) mass is 392 g/mol. The predicted octanol–water partition coefficient (Wildman–Crippen LogP) is 4.44. The average Bonchev–Trinajstić information content (AvgIpc) is 2.55. The first-order valence-corrected chi connectivity index (χ1v) is 8.52. The van der Waals surface area contributed by atoms with Gasteiger partial charge in [-0.05, 0) is 62.4 Å². The molecular weight excluding hydrogens is 372 g/mol.